The number of halogens is 3. The maximum absolute atomic E-state index is 12.7. The van der Waals surface area contributed by atoms with Crippen molar-refractivity contribution in [1.82, 2.24) is 19.9 Å². The molecule has 1 aliphatic rings. The minimum absolute atomic E-state index is 0.269. The first kappa shape index (κ1) is 12.5. The molecular formula is C11H9BrF2N4O. The molecule has 1 amide bonds. The van der Waals surface area contributed by atoms with E-state index in [4.69, 9.17) is 0 Å². The van der Waals surface area contributed by atoms with Crippen molar-refractivity contribution in [3.8, 4) is 0 Å². The standard InChI is InChI=1S/C11H9BrF2N4O/c12-8-3-9-15-2-1-7(18(9)17-8)10(19)16-6-4-11(13,14)5-6/h1-3,6H,4-5H2,(H,16,19). The Morgan fingerprint density at radius 2 is 2.26 bits per heavy atom. The first-order valence-electron chi connectivity index (χ1n) is 5.64. The lowest BCUT2D eigenvalue weighted by atomic mass is 9.88. The van der Waals surface area contributed by atoms with Crippen molar-refractivity contribution in [3.05, 3.63) is 28.6 Å². The third-order valence-corrected chi connectivity index (χ3v) is 3.37. The van der Waals surface area contributed by atoms with Crippen molar-refractivity contribution in [2.24, 2.45) is 0 Å². The van der Waals surface area contributed by atoms with Gasteiger partial charge in [0.15, 0.2) is 5.65 Å². The predicted molar refractivity (Wildman–Crippen MR) is 66.1 cm³/mol. The molecule has 0 spiro atoms. The van der Waals surface area contributed by atoms with E-state index >= 15 is 0 Å². The Hall–Kier alpha value is -1.57. The molecular weight excluding hydrogens is 322 g/mol. The van der Waals surface area contributed by atoms with E-state index < -0.39 is 17.9 Å². The lowest BCUT2D eigenvalue weighted by Crippen LogP contribution is -2.50. The topological polar surface area (TPSA) is 59.3 Å². The number of carbonyl (C=O) groups excluding carboxylic acids is 1. The molecule has 1 N–H and O–H groups in total. The molecule has 3 rings (SSSR count). The van der Waals surface area contributed by atoms with Crippen LogP contribution in [-0.4, -0.2) is 32.5 Å². The first-order chi connectivity index (χ1) is 8.94. The molecule has 19 heavy (non-hydrogen) atoms. The van der Waals surface area contributed by atoms with E-state index in [-0.39, 0.29) is 18.5 Å². The summed E-state index contributed by atoms with van der Waals surface area (Å²) in [6, 6.07) is 2.68. The maximum Gasteiger partial charge on any atom is 0.270 e. The summed E-state index contributed by atoms with van der Waals surface area (Å²) in [5.41, 5.74) is 0.782. The second-order valence-electron chi connectivity index (χ2n) is 4.50. The zero-order chi connectivity index (χ0) is 13.6. The Morgan fingerprint density at radius 1 is 1.53 bits per heavy atom. The average molecular weight is 331 g/mol. The van der Waals surface area contributed by atoms with E-state index in [2.05, 4.69) is 31.3 Å². The van der Waals surface area contributed by atoms with Gasteiger partial charge in [-0.3, -0.25) is 4.79 Å². The van der Waals surface area contributed by atoms with Crippen LogP contribution in [0.4, 0.5) is 8.78 Å². The SMILES string of the molecule is O=C(NC1CC(F)(F)C1)c1ccnc2cc(Br)nn12. The Bertz CT molecular complexity index is 649. The molecule has 2 aromatic rings. The monoisotopic (exact) mass is 330 g/mol. The second kappa shape index (κ2) is 4.22. The van der Waals surface area contributed by atoms with Crippen molar-refractivity contribution >= 4 is 27.5 Å². The van der Waals surface area contributed by atoms with Gasteiger partial charge in [0.05, 0.1) is 0 Å². The number of hydrogen-bond acceptors (Lipinski definition) is 3. The zero-order valence-corrected chi connectivity index (χ0v) is 11.2. The maximum atomic E-state index is 12.7. The van der Waals surface area contributed by atoms with Gasteiger partial charge in [-0.05, 0) is 22.0 Å². The summed E-state index contributed by atoms with van der Waals surface area (Å²) in [6.07, 6.45) is 0.860. The number of hydrogen-bond donors (Lipinski definition) is 1. The molecule has 0 bridgehead atoms. The number of nitrogens with one attached hydrogen (secondary N) is 1. The highest BCUT2D eigenvalue weighted by Crippen LogP contribution is 2.37. The van der Waals surface area contributed by atoms with Crippen LogP contribution >= 0.6 is 15.9 Å². The normalized spacial score (nSPS) is 18.3. The van der Waals surface area contributed by atoms with Gasteiger partial charge in [0, 0.05) is 31.1 Å². The quantitative estimate of drug-likeness (QED) is 0.916. The summed E-state index contributed by atoms with van der Waals surface area (Å²) in [5.74, 6) is -3.08. The lowest BCUT2D eigenvalue weighted by molar-refractivity contribution is -0.0901. The summed E-state index contributed by atoms with van der Waals surface area (Å²) >= 11 is 3.20. The van der Waals surface area contributed by atoms with E-state index in [1.165, 1.54) is 16.8 Å². The minimum Gasteiger partial charge on any atom is -0.348 e. The van der Waals surface area contributed by atoms with Gasteiger partial charge in [-0.1, -0.05) is 0 Å². The van der Waals surface area contributed by atoms with Gasteiger partial charge in [0.2, 0.25) is 0 Å². The number of alkyl halides is 2. The summed E-state index contributed by atoms with van der Waals surface area (Å²) in [5, 5.41) is 6.64. The molecule has 0 atom stereocenters. The third-order valence-electron chi connectivity index (χ3n) is 2.99. The molecule has 1 fully saturated rings. The molecule has 0 aromatic carbocycles. The van der Waals surface area contributed by atoms with Crippen LogP contribution < -0.4 is 5.32 Å². The molecule has 0 saturated heterocycles. The van der Waals surface area contributed by atoms with Gasteiger partial charge < -0.3 is 5.32 Å². The molecule has 2 aromatic heterocycles. The van der Waals surface area contributed by atoms with Crippen molar-refractivity contribution < 1.29 is 13.6 Å². The Morgan fingerprint density at radius 3 is 2.95 bits per heavy atom. The van der Waals surface area contributed by atoms with Crippen LogP contribution in [0.2, 0.25) is 0 Å². The van der Waals surface area contributed by atoms with Gasteiger partial charge in [-0.15, -0.1) is 0 Å². The average Bonchev–Trinajstić information content (AvgIpc) is 2.66. The summed E-state index contributed by atoms with van der Waals surface area (Å²) in [7, 11) is 0. The van der Waals surface area contributed by atoms with Gasteiger partial charge in [-0.25, -0.2) is 18.3 Å². The molecule has 2 heterocycles. The van der Waals surface area contributed by atoms with Crippen molar-refractivity contribution in [2.75, 3.05) is 0 Å². The molecule has 0 radical (unpaired) electrons. The van der Waals surface area contributed by atoms with Gasteiger partial charge in [0.25, 0.3) is 11.8 Å². The predicted octanol–water partition coefficient (Wildman–Crippen LogP) is 2.02. The van der Waals surface area contributed by atoms with Crippen LogP contribution in [0.25, 0.3) is 5.65 Å². The van der Waals surface area contributed by atoms with Crippen molar-refractivity contribution in [3.63, 3.8) is 0 Å². The minimum atomic E-state index is -2.65. The molecule has 1 aliphatic carbocycles. The van der Waals surface area contributed by atoms with E-state index in [0.29, 0.717) is 10.3 Å². The van der Waals surface area contributed by atoms with Crippen LogP contribution in [0.5, 0.6) is 0 Å². The number of rotatable bonds is 2. The number of aromatic nitrogens is 3. The van der Waals surface area contributed by atoms with Crippen molar-refractivity contribution in [2.45, 2.75) is 24.8 Å². The van der Waals surface area contributed by atoms with Gasteiger partial charge >= 0.3 is 0 Å². The highest BCUT2D eigenvalue weighted by atomic mass is 79.9. The van der Waals surface area contributed by atoms with E-state index in [9.17, 15) is 13.6 Å². The van der Waals surface area contributed by atoms with Crippen LogP contribution in [0.3, 0.4) is 0 Å². The Labute approximate surface area is 115 Å². The number of fused-ring (bicyclic) bond motifs is 1. The fourth-order valence-corrected chi connectivity index (χ4v) is 2.43. The summed E-state index contributed by atoms with van der Waals surface area (Å²) in [6.45, 7) is 0. The largest absolute Gasteiger partial charge is 0.348 e. The van der Waals surface area contributed by atoms with Crippen LogP contribution in [0.15, 0.2) is 22.9 Å². The zero-order valence-electron chi connectivity index (χ0n) is 9.61. The molecule has 0 aliphatic heterocycles. The first-order valence-corrected chi connectivity index (χ1v) is 6.43. The van der Waals surface area contributed by atoms with Gasteiger partial charge in [-0.2, -0.15) is 5.10 Å². The molecule has 5 nitrogen and oxygen atoms in total. The number of amides is 1. The fourth-order valence-electron chi connectivity index (χ4n) is 2.06. The second-order valence-corrected chi connectivity index (χ2v) is 5.31. The fraction of sp³-hybridized carbons (Fsp3) is 0.364. The summed E-state index contributed by atoms with van der Waals surface area (Å²) < 4.78 is 27.3. The van der Waals surface area contributed by atoms with Crippen LogP contribution in [0.1, 0.15) is 23.3 Å². The van der Waals surface area contributed by atoms with Crippen molar-refractivity contribution in [1.29, 1.82) is 0 Å². The Balaban J connectivity index is 1.82. The van der Waals surface area contributed by atoms with E-state index in [1.54, 1.807) is 6.07 Å². The number of carbonyl (C=O) groups is 1. The smallest absolute Gasteiger partial charge is 0.270 e. The molecule has 100 valence electrons. The highest BCUT2D eigenvalue weighted by Gasteiger charge is 2.46. The lowest BCUT2D eigenvalue weighted by Gasteiger charge is -2.35. The Kier molecular flexibility index (Phi) is 2.77. The highest BCUT2D eigenvalue weighted by molar-refractivity contribution is 9.10. The van der Waals surface area contributed by atoms with E-state index in [0.717, 1.165) is 0 Å². The molecule has 8 heteroatoms. The van der Waals surface area contributed by atoms with E-state index in [1.807, 2.05) is 0 Å². The van der Waals surface area contributed by atoms with Gasteiger partial charge in [0.1, 0.15) is 10.3 Å². The molecule has 1 saturated carbocycles. The summed E-state index contributed by atoms with van der Waals surface area (Å²) in [4.78, 5) is 16.1. The molecule has 0 unspecified atom stereocenters. The number of nitrogens with zero attached hydrogens (tertiary/aromatic N) is 3. The third kappa shape index (κ3) is 2.32. The van der Waals surface area contributed by atoms with Crippen LogP contribution in [0, 0.1) is 0 Å². The van der Waals surface area contributed by atoms with Crippen LogP contribution in [-0.2, 0) is 0 Å².